The third-order valence-electron chi connectivity index (χ3n) is 6.19. The lowest BCUT2D eigenvalue weighted by Gasteiger charge is -2.37. The molecule has 1 saturated carbocycles. The van der Waals surface area contributed by atoms with Crippen LogP contribution in [0.2, 0.25) is 0 Å². The van der Waals surface area contributed by atoms with Gasteiger partial charge in [-0.25, -0.2) is 0 Å². The van der Waals surface area contributed by atoms with Crippen molar-refractivity contribution in [1.82, 2.24) is 10.6 Å². The summed E-state index contributed by atoms with van der Waals surface area (Å²) < 4.78 is 5.82. The predicted molar refractivity (Wildman–Crippen MR) is 121 cm³/mol. The van der Waals surface area contributed by atoms with Gasteiger partial charge in [0.25, 0.3) is 0 Å². The highest BCUT2D eigenvalue weighted by molar-refractivity contribution is 14.0. The first kappa shape index (κ1) is 23.3. The van der Waals surface area contributed by atoms with Crippen LogP contribution in [0.25, 0.3) is 0 Å². The van der Waals surface area contributed by atoms with Gasteiger partial charge in [-0.05, 0) is 37.9 Å². The maximum absolute atomic E-state index is 5.54. The quantitative estimate of drug-likeness (QED) is 0.336. The molecule has 0 bridgehead atoms. The Morgan fingerprint density at radius 2 is 1.84 bits per heavy atom. The number of guanidine groups is 1. The minimum Gasteiger partial charge on any atom is -0.381 e. The fourth-order valence-corrected chi connectivity index (χ4v) is 4.84. The molecule has 1 aliphatic carbocycles. The SMILES string of the molecule is CN=C(NCC1(SC)CCOCC1)NC(C)C(C)C1CCCCC1.I. The molecular weight excluding hydrogens is 445 g/mol. The van der Waals surface area contributed by atoms with Crippen LogP contribution >= 0.6 is 35.7 Å². The molecule has 148 valence electrons. The van der Waals surface area contributed by atoms with Gasteiger partial charge >= 0.3 is 0 Å². The monoisotopic (exact) mass is 483 g/mol. The molecule has 1 aliphatic heterocycles. The lowest BCUT2D eigenvalue weighted by atomic mass is 9.78. The zero-order valence-electron chi connectivity index (χ0n) is 16.5. The van der Waals surface area contributed by atoms with Crippen molar-refractivity contribution in [3.63, 3.8) is 0 Å². The van der Waals surface area contributed by atoms with Gasteiger partial charge in [0.2, 0.25) is 0 Å². The normalized spacial score (nSPS) is 24.1. The van der Waals surface area contributed by atoms with Crippen LogP contribution in [0.5, 0.6) is 0 Å². The fraction of sp³-hybridized carbons (Fsp3) is 0.947. The highest BCUT2D eigenvalue weighted by Gasteiger charge is 2.32. The van der Waals surface area contributed by atoms with Crippen molar-refractivity contribution in [1.29, 1.82) is 0 Å². The summed E-state index contributed by atoms with van der Waals surface area (Å²) in [5.74, 6) is 2.51. The molecule has 2 N–H and O–H groups in total. The number of nitrogens with zero attached hydrogens (tertiary/aromatic N) is 1. The lowest BCUT2D eigenvalue weighted by molar-refractivity contribution is 0.0782. The van der Waals surface area contributed by atoms with E-state index in [4.69, 9.17) is 4.74 Å². The first-order valence-electron chi connectivity index (χ1n) is 9.70. The van der Waals surface area contributed by atoms with Gasteiger partial charge in [-0.2, -0.15) is 11.8 Å². The molecule has 25 heavy (non-hydrogen) atoms. The fourth-order valence-electron chi connectivity index (χ4n) is 4.05. The van der Waals surface area contributed by atoms with E-state index in [1.54, 1.807) is 0 Å². The van der Waals surface area contributed by atoms with Crippen LogP contribution in [0.15, 0.2) is 4.99 Å². The van der Waals surface area contributed by atoms with Crippen molar-refractivity contribution < 1.29 is 4.74 Å². The van der Waals surface area contributed by atoms with Crippen molar-refractivity contribution >= 4 is 41.7 Å². The molecular formula is C19H38IN3OS. The van der Waals surface area contributed by atoms with E-state index in [9.17, 15) is 0 Å². The molecule has 6 heteroatoms. The second kappa shape index (κ2) is 11.9. The van der Waals surface area contributed by atoms with Gasteiger partial charge in [0.05, 0.1) is 0 Å². The number of halogens is 1. The molecule has 0 radical (unpaired) electrons. The molecule has 0 aromatic rings. The summed E-state index contributed by atoms with van der Waals surface area (Å²) in [6, 6.07) is 0.458. The largest absolute Gasteiger partial charge is 0.381 e. The Morgan fingerprint density at radius 1 is 1.20 bits per heavy atom. The summed E-state index contributed by atoms with van der Waals surface area (Å²) in [5, 5.41) is 7.23. The Bertz CT molecular complexity index is 396. The molecule has 0 spiro atoms. The topological polar surface area (TPSA) is 45.7 Å². The Morgan fingerprint density at radius 3 is 2.40 bits per heavy atom. The maximum atomic E-state index is 5.54. The van der Waals surface area contributed by atoms with Crippen LogP contribution < -0.4 is 10.6 Å². The minimum absolute atomic E-state index is 0. The summed E-state index contributed by atoms with van der Waals surface area (Å²) in [7, 11) is 1.88. The van der Waals surface area contributed by atoms with E-state index in [2.05, 4.69) is 35.7 Å². The Labute approximate surface area is 176 Å². The van der Waals surface area contributed by atoms with Gasteiger partial charge in [0.15, 0.2) is 5.96 Å². The average molecular weight is 484 g/mol. The highest BCUT2D eigenvalue weighted by atomic mass is 127. The third kappa shape index (κ3) is 7.09. The third-order valence-corrected chi connectivity index (χ3v) is 7.60. The summed E-state index contributed by atoms with van der Waals surface area (Å²) >= 11 is 1.97. The van der Waals surface area contributed by atoms with E-state index in [1.165, 1.54) is 32.1 Å². The molecule has 2 aliphatic rings. The first-order chi connectivity index (χ1) is 11.6. The Hall–Kier alpha value is 0.310. The summed E-state index contributed by atoms with van der Waals surface area (Å²) in [5.41, 5.74) is 0. The van der Waals surface area contributed by atoms with E-state index in [0.717, 1.165) is 44.5 Å². The van der Waals surface area contributed by atoms with Crippen LogP contribution in [0.3, 0.4) is 0 Å². The molecule has 2 fully saturated rings. The summed E-state index contributed by atoms with van der Waals surface area (Å²) in [6.07, 6.45) is 11.5. The lowest BCUT2D eigenvalue weighted by Crippen LogP contribution is -2.51. The molecule has 0 aromatic carbocycles. The number of nitrogens with one attached hydrogen (secondary N) is 2. The van der Waals surface area contributed by atoms with E-state index >= 15 is 0 Å². The zero-order valence-corrected chi connectivity index (χ0v) is 19.6. The number of hydrogen-bond acceptors (Lipinski definition) is 3. The van der Waals surface area contributed by atoms with E-state index in [-0.39, 0.29) is 28.7 Å². The highest BCUT2D eigenvalue weighted by Crippen LogP contribution is 2.33. The first-order valence-corrected chi connectivity index (χ1v) is 10.9. The number of thioether (sulfide) groups is 1. The van der Waals surface area contributed by atoms with Crippen LogP contribution in [0.1, 0.15) is 58.8 Å². The zero-order chi connectivity index (χ0) is 17.4. The number of hydrogen-bond donors (Lipinski definition) is 2. The number of aliphatic imine (C=N–C) groups is 1. The minimum atomic E-state index is 0. The van der Waals surface area contributed by atoms with Gasteiger partial charge < -0.3 is 15.4 Å². The van der Waals surface area contributed by atoms with Crippen LogP contribution in [-0.2, 0) is 4.74 Å². The van der Waals surface area contributed by atoms with Crippen LogP contribution in [0, 0.1) is 11.8 Å². The Balaban J connectivity index is 0.00000312. The molecule has 0 aromatic heterocycles. The van der Waals surface area contributed by atoms with Gasteiger partial charge in [-0.3, -0.25) is 4.99 Å². The van der Waals surface area contributed by atoms with Gasteiger partial charge in [0, 0.05) is 37.6 Å². The van der Waals surface area contributed by atoms with Gasteiger partial charge in [-0.15, -0.1) is 24.0 Å². The molecule has 1 heterocycles. The smallest absolute Gasteiger partial charge is 0.191 e. The second-order valence-corrected chi connectivity index (χ2v) is 8.89. The van der Waals surface area contributed by atoms with Crippen molar-refractivity contribution in [3.8, 4) is 0 Å². The van der Waals surface area contributed by atoms with Crippen LogP contribution in [0.4, 0.5) is 0 Å². The van der Waals surface area contributed by atoms with Crippen molar-refractivity contribution in [2.45, 2.75) is 69.6 Å². The molecule has 4 nitrogen and oxygen atoms in total. The van der Waals surface area contributed by atoms with Gasteiger partial charge in [-0.1, -0.05) is 39.0 Å². The maximum Gasteiger partial charge on any atom is 0.191 e. The number of ether oxygens (including phenoxy) is 1. The standard InChI is InChI=1S/C19H37N3OS.HI/c1-15(17-8-6-5-7-9-17)16(2)22-18(20-3)21-14-19(24-4)10-12-23-13-11-19;/h15-17H,5-14H2,1-4H3,(H2,20,21,22);1H. The molecule has 2 atom stereocenters. The van der Waals surface area contributed by atoms with Crippen molar-refractivity contribution in [2.24, 2.45) is 16.8 Å². The Kier molecular flexibility index (Phi) is 11.1. The van der Waals surface area contributed by atoms with E-state index < -0.39 is 0 Å². The van der Waals surface area contributed by atoms with E-state index in [0.29, 0.717) is 12.0 Å². The number of rotatable bonds is 6. The molecule has 2 unspecified atom stereocenters. The molecule has 2 rings (SSSR count). The average Bonchev–Trinajstić information content (AvgIpc) is 2.65. The van der Waals surface area contributed by atoms with Gasteiger partial charge in [0.1, 0.15) is 0 Å². The van der Waals surface area contributed by atoms with E-state index in [1.807, 2.05) is 18.8 Å². The molecule has 1 saturated heterocycles. The predicted octanol–water partition coefficient (Wildman–Crippen LogP) is 4.29. The molecule has 0 amide bonds. The summed E-state index contributed by atoms with van der Waals surface area (Å²) in [4.78, 5) is 4.46. The van der Waals surface area contributed by atoms with Crippen molar-refractivity contribution in [3.05, 3.63) is 0 Å². The van der Waals surface area contributed by atoms with Crippen LogP contribution in [-0.4, -0.2) is 49.8 Å². The van der Waals surface area contributed by atoms with Crippen molar-refractivity contribution in [2.75, 3.05) is 33.1 Å². The second-order valence-electron chi connectivity index (χ2n) is 7.62. The summed E-state index contributed by atoms with van der Waals surface area (Å²) in [6.45, 7) is 7.43.